The zero-order valence-electron chi connectivity index (χ0n) is 14.5. The molecule has 0 radical (unpaired) electrons. The highest BCUT2D eigenvalue weighted by atomic mass is 35.5. The summed E-state index contributed by atoms with van der Waals surface area (Å²) in [4.78, 5) is 38.2. The molecular formula is C19H17ClN2O4. The Kier molecular flexibility index (Phi) is 4.46. The van der Waals surface area contributed by atoms with E-state index in [1.807, 2.05) is 0 Å². The van der Waals surface area contributed by atoms with Crippen LogP contribution in [0.15, 0.2) is 52.7 Å². The molecular weight excluding hydrogens is 356 g/mol. The zero-order valence-corrected chi connectivity index (χ0v) is 15.2. The van der Waals surface area contributed by atoms with Gasteiger partial charge in [0.15, 0.2) is 11.5 Å². The minimum Gasteiger partial charge on any atom is -0.503 e. The Bertz CT molecular complexity index is 979. The smallest absolute Gasteiger partial charge is 0.294 e. The van der Waals surface area contributed by atoms with E-state index in [-0.39, 0.29) is 11.1 Å². The van der Waals surface area contributed by atoms with Crippen LogP contribution in [0.5, 0.6) is 0 Å². The van der Waals surface area contributed by atoms with Crippen molar-refractivity contribution in [2.24, 2.45) is 7.05 Å². The van der Waals surface area contributed by atoms with Crippen LogP contribution in [0, 0.1) is 6.92 Å². The van der Waals surface area contributed by atoms with Crippen LogP contribution in [0.25, 0.3) is 0 Å². The molecule has 0 saturated carbocycles. The summed E-state index contributed by atoms with van der Waals surface area (Å²) in [7, 11) is 1.58. The van der Waals surface area contributed by atoms with E-state index in [1.165, 1.54) is 22.6 Å². The van der Waals surface area contributed by atoms with E-state index in [2.05, 4.69) is 0 Å². The van der Waals surface area contributed by atoms with Gasteiger partial charge in [-0.15, -0.1) is 0 Å². The van der Waals surface area contributed by atoms with Crippen LogP contribution in [0.3, 0.4) is 0 Å². The van der Waals surface area contributed by atoms with Crippen LogP contribution in [-0.4, -0.2) is 21.4 Å². The quantitative estimate of drug-likeness (QED) is 0.898. The predicted octanol–water partition coefficient (Wildman–Crippen LogP) is 2.84. The second-order valence-corrected chi connectivity index (χ2v) is 6.68. The summed E-state index contributed by atoms with van der Waals surface area (Å²) in [6.45, 7) is 2.94. The number of Topliss-reactive ketones (excluding diaryl/α,β-unsaturated/α-hetero) is 1. The van der Waals surface area contributed by atoms with E-state index in [1.54, 1.807) is 44.3 Å². The lowest BCUT2D eigenvalue weighted by Gasteiger charge is -2.27. The first-order valence-corrected chi connectivity index (χ1v) is 8.30. The Labute approximate surface area is 154 Å². The van der Waals surface area contributed by atoms with Crippen LogP contribution in [0.1, 0.15) is 24.1 Å². The second-order valence-electron chi connectivity index (χ2n) is 6.25. The third kappa shape index (κ3) is 2.82. The highest BCUT2D eigenvalue weighted by molar-refractivity contribution is 6.30. The van der Waals surface area contributed by atoms with Gasteiger partial charge in [0, 0.05) is 23.8 Å². The predicted molar refractivity (Wildman–Crippen MR) is 98.4 cm³/mol. The maximum absolute atomic E-state index is 12.7. The minimum atomic E-state index is -0.797. The molecule has 2 heterocycles. The van der Waals surface area contributed by atoms with E-state index in [0.29, 0.717) is 21.8 Å². The first-order chi connectivity index (χ1) is 12.2. The van der Waals surface area contributed by atoms with Gasteiger partial charge in [-0.2, -0.15) is 0 Å². The van der Waals surface area contributed by atoms with Gasteiger partial charge in [-0.05, 0) is 37.6 Å². The third-order valence-electron chi connectivity index (χ3n) is 4.40. The molecule has 0 spiro atoms. The van der Waals surface area contributed by atoms with Gasteiger partial charge in [0.1, 0.15) is 0 Å². The van der Waals surface area contributed by atoms with E-state index in [9.17, 15) is 19.5 Å². The average molecular weight is 373 g/mol. The third-order valence-corrected chi connectivity index (χ3v) is 4.65. The molecule has 1 aromatic carbocycles. The number of aliphatic hydroxyl groups is 1. The number of anilines is 1. The van der Waals surface area contributed by atoms with Crippen LogP contribution >= 0.6 is 11.6 Å². The molecule has 2 aromatic rings. The first kappa shape index (κ1) is 17.9. The number of nitrogens with zero attached hydrogens (tertiary/aromatic N) is 2. The standard InChI is InChI=1S/C19H17ClN2O4/c1-10-8-14(9-21(3)18(10)25)22-16(12-4-6-13(20)7-5-12)15(11(2)23)17(24)19(22)26/h4-9,16,24H,1-3H3. The Hall–Kier alpha value is -2.86. The molecule has 1 aliphatic heterocycles. The van der Waals surface area contributed by atoms with Crippen molar-refractivity contribution in [2.75, 3.05) is 4.90 Å². The van der Waals surface area contributed by atoms with E-state index >= 15 is 0 Å². The second kappa shape index (κ2) is 6.46. The number of carbonyl (C=O) groups is 2. The number of amides is 1. The Morgan fingerprint density at radius 2 is 1.81 bits per heavy atom. The summed E-state index contributed by atoms with van der Waals surface area (Å²) < 4.78 is 1.36. The van der Waals surface area contributed by atoms with Gasteiger partial charge in [-0.25, -0.2) is 0 Å². The minimum absolute atomic E-state index is 0.0174. The molecule has 3 rings (SSSR count). The van der Waals surface area contributed by atoms with Gasteiger partial charge in [0.2, 0.25) is 0 Å². The summed E-state index contributed by atoms with van der Waals surface area (Å²) in [5.41, 5.74) is 1.32. The number of aromatic nitrogens is 1. The first-order valence-electron chi connectivity index (χ1n) is 7.92. The normalized spacial score (nSPS) is 17.2. The molecule has 1 aromatic heterocycles. The van der Waals surface area contributed by atoms with Gasteiger partial charge in [-0.1, -0.05) is 23.7 Å². The molecule has 0 saturated heterocycles. The number of aryl methyl sites for hydroxylation is 2. The summed E-state index contributed by atoms with van der Waals surface area (Å²) in [6.07, 6.45) is 1.51. The Morgan fingerprint density at radius 1 is 1.19 bits per heavy atom. The molecule has 7 heteroatoms. The fraction of sp³-hybridized carbons (Fsp3) is 0.211. The molecule has 1 unspecified atom stereocenters. The van der Waals surface area contributed by atoms with Gasteiger partial charge < -0.3 is 9.67 Å². The van der Waals surface area contributed by atoms with Crippen molar-refractivity contribution >= 4 is 29.0 Å². The fourth-order valence-corrected chi connectivity index (χ4v) is 3.31. The van der Waals surface area contributed by atoms with Crippen molar-refractivity contribution in [3.05, 3.63) is 74.4 Å². The lowest BCUT2D eigenvalue weighted by Crippen LogP contribution is -2.32. The maximum Gasteiger partial charge on any atom is 0.294 e. The number of hydrogen-bond acceptors (Lipinski definition) is 4. The Morgan fingerprint density at radius 3 is 2.35 bits per heavy atom. The number of aliphatic hydroxyl groups excluding tert-OH is 1. The maximum atomic E-state index is 12.7. The molecule has 1 atom stereocenters. The summed E-state index contributed by atoms with van der Waals surface area (Å²) in [5.74, 6) is -1.67. The number of ketones is 1. The number of hydrogen-bond donors (Lipinski definition) is 1. The van der Waals surface area contributed by atoms with Crippen molar-refractivity contribution in [2.45, 2.75) is 19.9 Å². The van der Waals surface area contributed by atoms with Gasteiger partial charge >= 0.3 is 0 Å². The number of pyridine rings is 1. The molecule has 6 nitrogen and oxygen atoms in total. The zero-order chi connectivity index (χ0) is 19.2. The van der Waals surface area contributed by atoms with E-state index < -0.39 is 23.5 Å². The SMILES string of the molecule is CC(=O)C1=C(O)C(=O)N(c2cc(C)c(=O)n(C)c2)C1c1ccc(Cl)cc1. The van der Waals surface area contributed by atoms with Crippen molar-refractivity contribution < 1.29 is 14.7 Å². The van der Waals surface area contributed by atoms with Crippen LogP contribution < -0.4 is 10.5 Å². The van der Waals surface area contributed by atoms with E-state index in [0.717, 1.165) is 0 Å². The van der Waals surface area contributed by atoms with Crippen LogP contribution in [-0.2, 0) is 16.6 Å². The van der Waals surface area contributed by atoms with E-state index in [4.69, 9.17) is 11.6 Å². The van der Waals surface area contributed by atoms with Crippen LogP contribution in [0.4, 0.5) is 5.69 Å². The van der Waals surface area contributed by atoms with Crippen LogP contribution in [0.2, 0.25) is 5.02 Å². The molecule has 0 fully saturated rings. The largest absolute Gasteiger partial charge is 0.503 e. The fourth-order valence-electron chi connectivity index (χ4n) is 3.18. The number of benzene rings is 1. The summed E-state index contributed by atoms with van der Waals surface area (Å²) in [6, 6.07) is 7.47. The van der Waals surface area contributed by atoms with Gasteiger partial charge in [-0.3, -0.25) is 19.3 Å². The Balaban J connectivity index is 2.23. The molecule has 1 amide bonds. The lowest BCUT2D eigenvalue weighted by atomic mass is 9.96. The highest BCUT2D eigenvalue weighted by Gasteiger charge is 2.43. The molecule has 1 N–H and O–H groups in total. The van der Waals surface area contributed by atoms with Crippen molar-refractivity contribution in [3.63, 3.8) is 0 Å². The molecule has 1 aliphatic rings. The van der Waals surface area contributed by atoms with Gasteiger partial charge in [0.05, 0.1) is 17.3 Å². The van der Waals surface area contributed by atoms with Gasteiger partial charge in [0.25, 0.3) is 11.5 Å². The summed E-state index contributed by atoms with van der Waals surface area (Å²) >= 11 is 5.94. The van der Waals surface area contributed by atoms with Crippen molar-refractivity contribution in [1.82, 2.24) is 4.57 Å². The van der Waals surface area contributed by atoms with Crippen molar-refractivity contribution in [1.29, 1.82) is 0 Å². The number of rotatable bonds is 3. The highest BCUT2D eigenvalue weighted by Crippen LogP contribution is 2.40. The molecule has 134 valence electrons. The topological polar surface area (TPSA) is 79.6 Å². The van der Waals surface area contributed by atoms with Crippen molar-refractivity contribution in [3.8, 4) is 0 Å². The average Bonchev–Trinajstić information content (AvgIpc) is 2.84. The number of carbonyl (C=O) groups excluding carboxylic acids is 2. The molecule has 0 aliphatic carbocycles. The molecule has 26 heavy (non-hydrogen) atoms. The molecule has 0 bridgehead atoms. The lowest BCUT2D eigenvalue weighted by molar-refractivity contribution is -0.117. The summed E-state index contributed by atoms with van der Waals surface area (Å²) in [5, 5.41) is 10.8. The number of halogens is 1. The monoisotopic (exact) mass is 372 g/mol.